The molecule has 0 spiro atoms. The zero-order chi connectivity index (χ0) is 31.7. The average molecular weight is 590 g/mol. The fraction of sp³-hybridized carbons (Fsp3) is 0.231. The Balaban J connectivity index is 2.42. The van der Waals surface area contributed by atoms with Crippen molar-refractivity contribution in [2.45, 2.75) is 12.2 Å². The summed E-state index contributed by atoms with van der Waals surface area (Å²) in [7, 11) is 4.02. The minimum atomic E-state index is -2.63. The molecule has 0 aliphatic heterocycles. The first-order chi connectivity index (χ1) is 19.8. The lowest BCUT2D eigenvalue weighted by molar-refractivity contribution is -0.166. The molecule has 16 nitrogen and oxygen atoms in total. The summed E-state index contributed by atoms with van der Waals surface area (Å²) in [5.74, 6) is -11.1. The Morgan fingerprint density at radius 3 is 1.02 bits per heavy atom. The van der Waals surface area contributed by atoms with Gasteiger partial charge < -0.3 is 38.6 Å². The van der Waals surface area contributed by atoms with Gasteiger partial charge in [-0.25, -0.2) is 38.4 Å². The van der Waals surface area contributed by atoms with Crippen LogP contribution in [0.15, 0.2) is 36.4 Å². The molecule has 0 heterocycles. The van der Waals surface area contributed by atoms with Crippen molar-refractivity contribution in [3.8, 4) is 0 Å². The van der Waals surface area contributed by atoms with Crippen molar-refractivity contribution in [2.75, 3.05) is 28.4 Å². The molecule has 0 fully saturated rings. The van der Waals surface area contributed by atoms with E-state index in [1.54, 1.807) is 0 Å². The monoisotopic (exact) mass is 590 g/mol. The fourth-order valence-electron chi connectivity index (χ4n) is 3.33. The molecular formula is C26H22O16. The molecule has 2 aromatic carbocycles. The van der Waals surface area contributed by atoms with Gasteiger partial charge in [-0.05, 0) is 36.4 Å². The van der Waals surface area contributed by atoms with Gasteiger partial charge in [-0.1, -0.05) is 0 Å². The highest BCUT2D eigenvalue weighted by Crippen LogP contribution is 2.20. The molecular weight excluding hydrogens is 568 g/mol. The van der Waals surface area contributed by atoms with Crippen LogP contribution in [0.2, 0.25) is 0 Å². The number of ether oxygens (including phenoxy) is 6. The molecule has 2 atom stereocenters. The Morgan fingerprint density at radius 2 is 0.762 bits per heavy atom. The lowest BCUT2D eigenvalue weighted by atomic mass is 10.0. The molecule has 0 bridgehead atoms. The van der Waals surface area contributed by atoms with E-state index in [9.17, 15) is 48.6 Å². The van der Waals surface area contributed by atoms with Crippen molar-refractivity contribution in [3.05, 3.63) is 69.8 Å². The normalized spacial score (nSPS) is 11.6. The Hall–Kier alpha value is -5.80. The highest BCUT2D eigenvalue weighted by molar-refractivity contribution is 6.06. The number of hydrogen-bond acceptors (Lipinski definition) is 14. The van der Waals surface area contributed by atoms with E-state index in [0.29, 0.717) is 0 Å². The van der Waals surface area contributed by atoms with Gasteiger partial charge in [0.1, 0.15) is 0 Å². The molecule has 2 rings (SSSR count). The number of carbonyl (C=O) groups excluding carboxylic acids is 6. The van der Waals surface area contributed by atoms with Gasteiger partial charge in [0.15, 0.2) is 0 Å². The van der Waals surface area contributed by atoms with Gasteiger partial charge in [-0.15, -0.1) is 0 Å². The van der Waals surface area contributed by atoms with E-state index in [-0.39, 0.29) is 11.1 Å². The Morgan fingerprint density at radius 1 is 0.476 bits per heavy atom. The molecule has 2 aromatic rings. The Labute approximate surface area is 235 Å². The number of carboxylic acid groups (broad SMARTS) is 2. The van der Waals surface area contributed by atoms with Crippen LogP contribution >= 0.6 is 0 Å². The van der Waals surface area contributed by atoms with Gasteiger partial charge in [-0.2, -0.15) is 0 Å². The number of carbonyl (C=O) groups is 8. The maximum Gasteiger partial charge on any atom is 0.349 e. The predicted octanol–water partition coefficient (Wildman–Crippen LogP) is 0.753. The highest BCUT2D eigenvalue weighted by atomic mass is 16.6. The third-order valence-corrected chi connectivity index (χ3v) is 5.36. The van der Waals surface area contributed by atoms with Gasteiger partial charge in [-0.3, -0.25) is 0 Å². The first-order valence-electron chi connectivity index (χ1n) is 11.3. The van der Waals surface area contributed by atoms with E-state index < -0.39 is 82.2 Å². The quantitative estimate of drug-likeness (QED) is 0.271. The Bertz CT molecular complexity index is 1350. The maximum absolute atomic E-state index is 12.8. The van der Waals surface area contributed by atoms with Gasteiger partial charge in [0.05, 0.1) is 61.8 Å². The van der Waals surface area contributed by atoms with E-state index >= 15 is 0 Å². The van der Waals surface area contributed by atoms with Crippen molar-refractivity contribution in [2.24, 2.45) is 0 Å². The van der Waals surface area contributed by atoms with Crippen LogP contribution in [0.3, 0.4) is 0 Å². The van der Waals surface area contributed by atoms with E-state index in [1.165, 1.54) is 0 Å². The zero-order valence-electron chi connectivity index (χ0n) is 22.2. The van der Waals surface area contributed by atoms with Gasteiger partial charge in [0, 0.05) is 0 Å². The van der Waals surface area contributed by atoms with Crippen LogP contribution in [0.25, 0.3) is 0 Å². The van der Waals surface area contributed by atoms with Crippen LogP contribution in [0.5, 0.6) is 0 Å². The standard InChI is InChI=1S/C26H22O16/c1-37-23(33)13-7-5-11(9-15(13)25(35)39-3)21(31)41-17(19(27)28)18(20(29)30)42-22(32)12-6-8-14(24(34)38-2)16(10-12)26(36)40-4/h5-10,17-18H,1-4H3,(H,27,28)(H,29,30)/t17-,18-/m1/s1. The summed E-state index contributed by atoms with van der Waals surface area (Å²) in [4.78, 5) is 97.4. The molecule has 2 N–H and O–H groups in total. The average Bonchev–Trinajstić information content (AvgIpc) is 2.99. The number of rotatable bonds is 11. The molecule has 0 saturated heterocycles. The van der Waals surface area contributed by atoms with Crippen molar-refractivity contribution >= 4 is 47.8 Å². The summed E-state index contributed by atoms with van der Waals surface area (Å²) < 4.78 is 27.8. The largest absolute Gasteiger partial charge is 0.478 e. The molecule has 0 unspecified atom stereocenters. The SMILES string of the molecule is COC(=O)c1ccc(C(=O)O[C@@H](C(=O)O)[C@@H](OC(=O)c2ccc(C(=O)OC)c(C(=O)OC)c2)C(=O)O)cc1C(=O)OC. The predicted molar refractivity (Wildman–Crippen MR) is 132 cm³/mol. The highest BCUT2D eigenvalue weighted by Gasteiger charge is 2.41. The summed E-state index contributed by atoms with van der Waals surface area (Å²) in [5, 5.41) is 19.2. The fourth-order valence-corrected chi connectivity index (χ4v) is 3.33. The van der Waals surface area contributed by atoms with Crippen LogP contribution in [-0.2, 0) is 38.0 Å². The molecule has 42 heavy (non-hydrogen) atoms. The molecule has 0 aliphatic carbocycles. The molecule has 0 amide bonds. The second-order valence-electron chi connectivity index (χ2n) is 7.82. The minimum Gasteiger partial charge on any atom is -0.478 e. The van der Waals surface area contributed by atoms with Crippen LogP contribution < -0.4 is 0 Å². The Kier molecular flexibility index (Phi) is 10.8. The summed E-state index contributed by atoms with van der Waals surface area (Å²) in [6.45, 7) is 0. The first-order valence-corrected chi connectivity index (χ1v) is 11.3. The van der Waals surface area contributed by atoms with E-state index in [4.69, 9.17) is 9.47 Å². The number of benzene rings is 2. The second kappa shape index (κ2) is 14.0. The molecule has 0 radical (unpaired) electrons. The van der Waals surface area contributed by atoms with E-state index in [1.807, 2.05) is 0 Å². The topological polar surface area (TPSA) is 232 Å². The van der Waals surface area contributed by atoms with Crippen molar-refractivity contribution in [3.63, 3.8) is 0 Å². The summed E-state index contributed by atoms with van der Waals surface area (Å²) >= 11 is 0. The second-order valence-corrected chi connectivity index (χ2v) is 7.82. The van der Waals surface area contributed by atoms with Crippen LogP contribution in [0.4, 0.5) is 0 Å². The van der Waals surface area contributed by atoms with Gasteiger partial charge in [0.2, 0.25) is 12.2 Å². The lowest BCUT2D eigenvalue weighted by Gasteiger charge is -2.21. The summed E-state index contributed by atoms with van der Waals surface area (Å²) in [6.07, 6.45) is -5.26. The van der Waals surface area contributed by atoms with Crippen molar-refractivity contribution < 1.29 is 77.0 Å². The van der Waals surface area contributed by atoms with Crippen molar-refractivity contribution in [1.82, 2.24) is 0 Å². The minimum absolute atomic E-state index is 0.308. The van der Waals surface area contributed by atoms with Gasteiger partial charge in [0.25, 0.3) is 0 Å². The number of methoxy groups -OCH3 is 4. The number of hydrogen-bond donors (Lipinski definition) is 2. The van der Waals surface area contributed by atoms with Crippen LogP contribution in [0.1, 0.15) is 62.1 Å². The third-order valence-electron chi connectivity index (χ3n) is 5.36. The summed E-state index contributed by atoms with van der Waals surface area (Å²) in [5.41, 5.74) is -2.54. The molecule has 0 aromatic heterocycles. The van der Waals surface area contributed by atoms with Crippen LogP contribution in [-0.4, -0.2) is 98.6 Å². The van der Waals surface area contributed by atoms with Gasteiger partial charge >= 0.3 is 47.8 Å². The molecule has 0 saturated carbocycles. The van der Waals surface area contributed by atoms with Crippen molar-refractivity contribution in [1.29, 1.82) is 0 Å². The zero-order valence-corrected chi connectivity index (χ0v) is 22.2. The molecule has 222 valence electrons. The van der Waals surface area contributed by atoms with E-state index in [0.717, 1.165) is 64.8 Å². The van der Waals surface area contributed by atoms with Crippen LogP contribution in [0, 0.1) is 0 Å². The van der Waals surface area contributed by atoms with E-state index in [2.05, 4.69) is 18.9 Å². The molecule has 0 aliphatic rings. The molecule has 16 heteroatoms. The lowest BCUT2D eigenvalue weighted by Crippen LogP contribution is -2.46. The first kappa shape index (κ1) is 32.4. The smallest absolute Gasteiger partial charge is 0.349 e. The maximum atomic E-state index is 12.8. The number of carboxylic acids is 2. The number of esters is 6. The number of aliphatic carboxylic acids is 2. The third kappa shape index (κ3) is 7.23. The summed E-state index contributed by atoms with van der Waals surface area (Å²) in [6, 6.07) is 5.51.